The Morgan fingerprint density at radius 3 is 0.679 bits per heavy atom. The number of nitrogen functional groups attached to an aromatic ring is 1. The van der Waals surface area contributed by atoms with Gasteiger partial charge in [-0.1, -0.05) is 218 Å². The van der Waals surface area contributed by atoms with Crippen LogP contribution in [0.3, 0.4) is 0 Å². The molecule has 0 atom stereocenters. The van der Waals surface area contributed by atoms with E-state index < -0.39 is 0 Å². The molecule has 0 amide bonds. The molecular formula is C52H53N. The van der Waals surface area contributed by atoms with Crippen LogP contribution in [-0.2, 0) is 16.2 Å². The Hall–Kier alpha value is -5.66. The van der Waals surface area contributed by atoms with E-state index in [1.54, 1.807) is 0 Å². The van der Waals surface area contributed by atoms with Crippen LogP contribution in [0.5, 0.6) is 0 Å². The average molecular weight is 692 g/mol. The van der Waals surface area contributed by atoms with E-state index >= 15 is 0 Å². The fourth-order valence-corrected chi connectivity index (χ4v) is 6.66. The minimum Gasteiger partial charge on any atom is -0.399 e. The Morgan fingerprint density at radius 2 is 0.472 bits per heavy atom. The van der Waals surface area contributed by atoms with Crippen molar-refractivity contribution in [2.75, 3.05) is 5.73 Å². The predicted molar refractivity (Wildman–Crippen MR) is 233 cm³/mol. The Kier molecular flexibility index (Phi) is 10.9. The number of hydrogen-bond donors (Lipinski definition) is 1. The zero-order valence-electron chi connectivity index (χ0n) is 32.4. The first-order valence-corrected chi connectivity index (χ1v) is 18.7. The van der Waals surface area contributed by atoms with E-state index in [1.165, 1.54) is 55.6 Å². The first-order chi connectivity index (χ1) is 25.3. The van der Waals surface area contributed by atoms with Gasteiger partial charge in [0.2, 0.25) is 0 Å². The van der Waals surface area contributed by atoms with Gasteiger partial charge in [-0.2, -0.15) is 0 Å². The smallest absolute Gasteiger partial charge is 0.0314 e. The molecule has 0 saturated carbocycles. The Labute approximate surface area is 318 Å². The molecule has 0 spiro atoms. The lowest BCUT2D eigenvalue weighted by molar-refractivity contribution is 0.590. The fraction of sp³-hybridized carbons (Fsp3) is 0.192. The maximum Gasteiger partial charge on any atom is 0.0314 e. The van der Waals surface area contributed by atoms with Gasteiger partial charge >= 0.3 is 0 Å². The lowest BCUT2D eigenvalue weighted by atomic mass is 9.77. The standard InChI is InChI=1S/C52H53N/c1-50(2,3)44-26-14-38(15-27-44)8-9-39-16-28-45(29-17-39)51(4,5)46-30-18-40(19-31-46)10-11-41-20-32-47(33-21-41)52(6,7)48-34-22-42(23-35-48)12-13-43-24-36-49(53)37-25-43/h8-37H,53H2,1-7H3. The van der Waals surface area contributed by atoms with Gasteiger partial charge in [0.25, 0.3) is 0 Å². The summed E-state index contributed by atoms with van der Waals surface area (Å²) in [4.78, 5) is 0. The average Bonchev–Trinajstić information content (AvgIpc) is 3.16. The van der Waals surface area contributed by atoms with Gasteiger partial charge in [-0.25, -0.2) is 0 Å². The first kappa shape index (κ1) is 37.1. The third-order valence-corrected chi connectivity index (χ3v) is 10.6. The van der Waals surface area contributed by atoms with Gasteiger partial charge in [0.05, 0.1) is 0 Å². The number of anilines is 1. The molecule has 0 radical (unpaired) electrons. The molecule has 0 bridgehead atoms. The Bertz CT molecular complexity index is 2180. The normalized spacial score (nSPS) is 12.7. The molecule has 6 aromatic carbocycles. The number of benzene rings is 6. The number of nitrogens with two attached hydrogens (primary N) is 1. The van der Waals surface area contributed by atoms with Crippen LogP contribution in [0, 0.1) is 0 Å². The van der Waals surface area contributed by atoms with Crippen molar-refractivity contribution in [1.82, 2.24) is 0 Å². The largest absolute Gasteiger partial charge is 0.399 e. The summed E-state index contributed by atoms with van der Waals surface area (Å²) in [5.74, 6) is 0. The zero-order valence-corrected chi connectivity index (χ0v) is 32.4. The van der Waals surface area contributed by atoms with Crippen LogP contribution in [0.2, 0.25) is 0 Å². The van der Waals surface area contributed by atoms with E-state index in [0.29, 0.717) is 0 Å². The van der Waals surface area contributed by atoms with Crippen molar-refractivity contribution in [3.8, 4) is 0 Å². The van der Waals surface area contributed by atoms with Crippen LogP contribution in [0.1, 0.15) is 110 Å². The maximum absolute atomic E-state index is 5.82. The van der Waals surface area contributed by atoms with Crippen molar-refractivity contribution in [1.29, 1.82) is 0 Å². The minimum atomic E-state index is -0.111. The monoisotopic (exact) mass is 691 g/mol. The minimum absolute atomic E-state index is 0.107. The van der Waals surface area contributed by atoms with Crippen molar-refractivity contribution in [3.63, 3.8) is 0 Å². The summed E-state index contributed by atoms with van der Waals surface area (Å²) in [7, 11) is 0. The molecule has 0 aliphatic heterocycles. The maximum atomic E-state index is 5.82. The van der Waals surface area contributed by atoms with E-state index in [2.05, 4.69) is 206 Å². The molecule has 6 rings (SSSR count). The summed E-state index contributed by atoms with van der Waals surface area (Å²) in [5, 5.41) is 0. The molecule has 2 N–H and O–H groups in total. The third-order valence-electron chi connectivity index (χ3n) is 10.6. The first-order valence-electron chi connectivity index (χ1n) is 18.7. The van der Waals surface area contributed by atoms with E-state index in [-0.39, 0.29) is 16.2 Å². The number of rotatable bonds is 10. The molecule has 0 aliphatic rings. The highest BCUT2D eigenvalue weighted by Crippen LogP contribution is 2.34. The summed E-state index contributed by atoms with van der Waals surface area (Å²) in [6, 6.07) is 52.6. The highest BCUT2D eigenvalue weighted by atomic mass is 14.5. The molecule has 0 heterocycles. The van der Waals surface area contributed by atoms with Crippen molar-refractivity contribution >= 4 is 42.1 Å². The zero-order chi connectivity index (χ0) is 37.6. The lowest BCUT2D eigenvalue weighted by Gasteiger charge is -2.26. The molecule has 266 valence electrons. The Morgan fingerprint density at radius 1 is 0.283 bits per heavy atom. The second-order valence-electron chi connectivity index (χ2n) is 16.3. The van der Waals surface area contributed by atoms with Crippen molar-refractivity contribution < 1.29 is 0 Å². The highest BCUT2D eigenvalue weighted by Gasteiger charge is 2.24. The van der Waals surface area contributed by atoms with Crippen LogP contribution in [-0.4, -0.2) is 0 Å². The second-order valence-corrected chi connectivity index (χ2v) is 16.3. The van der Waals surface area contributed by atoms with E-state index in [0.717, 1.165) is 11.3 Å². The van der Waals surface area contributed by atoms with Gasteiger partial charge in [-0.15, -0.1) is 0 Å². The molecule has 0 aliphatic carbocycles. The molecular weight excluding hydrogens is 639 g/mol. The van der Waals surface area contributed by atoms with Gasteiger partial charge in [0, 0.05) is 16.5 Å². The van der Waals surface area contributed by atoms with Crippen LogP contribution in [0.15, 0.2) is 146 Å². The van der Waals surface area contributed by atoms with E-state index in [1.807, 2.05) is 24.3 Å². The molecule has 1 nitrogen and oxygen atoms in total. The molecule has 53 heavy (non-hydrogen) atoms. The predicted octanol–water partition coefficient (Wildman–Crippen LogP) is 13.7. The summed E-state index contributed by atoms with van der Waals surface area (Å²) in [6.45, 7) is 15.9. The van der Waals surface area contributed by atoms with Gasteiger partial charge in [0.1, 0.15) is 0 Å². The fourth-order valence-electron chi connectivity index (χ4n) is 6.66. The van der Waals surface area contributed by atoms with Gasteiger partial charge < -0.3 is 5.73 Å². The van der Waals surface area contributed by atoms with Gasteiger partial charge in [-0.3, -0.25) is 0 Å². The topological polar surface area (TPSA) is 26.0 Å². The van der Waals surface area contributed by atoms with Crippen molar-refractivity contribution in [2.24, 2.45) is 0 Å². The summed E-state index contributed by atoms with van der Waals surface area (Å²) < 4.78 is 0. The van der Waals surface area contributed by atoms with E-state index in [9.17, 15) is 0 Å². The van der Waals surface area contributed by atoms with Crippen molar-refractivity contribution in [3.05, 3.63) is 207 Å². The lowest BCUT2D eigenvalue weighted by Crippen LogP contribution is -2.18. The molecule has 0 fully saturated rings. The highest BCUT2D eigenvalue weighted by molar-refractivity contribution is 5.72. The summed E-state index contributed by atoms with van der Waals surface area (Å²) in [6.07, 6.45) is 13.0. The third kappa shape index (κ3) is 9.23. The van der Waals surface area contributed by atoms with Crippen LogP contribution in [0.4, 0.5) is 5.69 Å². The molecule has 0 aromatic heterocycles. The molecule has 1 heteroatoms. The Balaban J connectivity index is 1.06. The molecule has 0 unspecified atom stereocenters. The summed E-state index contributed by atoms with van der Waals surface area (Å²) >= 11 is 0. The van der Waals surface area contributed by atoms with E-state index in [4.69, 9.17) is 5.73 Å². The summed E-state index contributed by atoms with van der Waals surface area (Å²) in [5.41, 5.74) is 20.2. The quantitative estimate of drug-likeness (QED) is 0.112. The van der Waals surface area contributed by atoms with Gasteiger partial charge in [-0.05, 0) is 78.7 Å². The van der Waals surface area contributed by atoms with Crippen LogP contribution < -0.4 is 5.73 Å². The van der Waals surface area contributed by atoms with Crippen LogP contribution in [0.25, 0.3) is 36.5 Å². The van der Waals surface area contributed by atoms with Gasteiger partial charge in [0.15, 0.2) is 0 Å². The SMILES string of the molecule is CC(C)(C)c1ccc(C=Cc2ccc(C(C)(C)c3ccc(C=Cc4ccc(C(C)(C)c5ccc(C=Cc6ccc(N)cc6)cc5)cc4)cc3)cc2)cc1. The molecule has 0 saturated heterocycles. The number of hydrogen-bond acceptors (Lipinski definition) is 1. The second kappa shape index (κ2) is 15.5. The van der Waals surface area contributed by atoms with Crippen molar-refractivity contribution in [2.45, 2.75) is 64.7 Å². The molecule has 6 aromatic rings. The van der Waals surface area contributed by atoms with Crippen LogP contribution >= 0.6 is 0 Å².